The molecule has 0 fully saturated rings. The summed E-state index contributed by atoms with van der Waals surface area (Å²) in [5, 5.41) is 3.83. The second kappa shape index (κ2) is 12.4. The molecule has 0 atom stereocenters. The average molecular weight is 587 g/mol. The monoisotopic (exact) mass is 586 g/mol. The fraction of sp³-hybridized carbons (Fsp3) is 0.259. The van der Waals surface area contributed by atoms with Crippen LogP contribution in [0.4, 0.5) is 37.7 Å². The number of rotatable bonds is 8. The topological polar surface area (TPSA) is 58.2 Å². The SMILES string of the molecule is Cc1cc(C)c(CSc2ccccc2NC(=O)C(F)(F)F)c(C)c1CSc1ccccc1NC(=O)C(F)(F)F. The minimum atomic E-state index is -5.01. The van der Waals surface area contributed by atoms with Gasteiger partial charge in [-0.15, -0.1) is 23.5 Å². The molecule has 0 aromatic heterocycles. The summed E-state index contributed by atoms with van der Waals surface area (Å²) in [7, 11) is 0. The molecule has 3 rings (SSSR count). The van der Waals surface area contributed by atoms with Crippen LogP contribution in [0.1, 0.15) is 27.8 Å². The van der Waals surface area contributed by atoms with Crippen LogP contribution in [0, 0.1) is 20.8 Å². The molecule has 2 amide bonds. The summed E-state index contributed by atoms with van der Waals surface area (Å²) in [4.78, 5) is 23.8. The van der Waals surface area contributed by atoms with E-state index in [0.717, 1.165) is 27.8 Å². The van der Waals surface area contributed by atoms with Crippen molar-refractivity contribution in [3.05, 3.63) is 82.4 Å². The summed E-state index contributed by atoms with van der Waals surface area (Å²) in [6.07, 6.45) is -10.0. The molecule has 2 N–H and O–H groups in total. The molecule has 0 unspecified atom stereocenters. The Balaban J connectivity index is 1.80. The van der Waals surface area contributed by atoms with E-state index in [-0.39, 0.29) is 11.4 Å². The Bertz CT molecular complexity index is 1270. The highest BCUT2D eigenvalue weighted by molar-refractivity contribution is 7.99. The first-order valence-electron chi connectivity index (χ1n) is 11.5. The van der Waals surface area contributed by atoms with Crippen LogP contribution >= 0.6 is 23.5 Å². The van der Waals surface area contributed by atoms with Crippen molar-refractivity contribution >= 4 is 46.7 Å². The highest BCUT2D eigenvalue weighted by atomic mass is 32.2. The Morgan fingerprint density at radius 1 is 0.667 bits per heavy atom. The number of hydrogen-bond donors (Lipinski definition) is 2. The van der Waals surface area contributed by atoms with Crippen LogP contribution < -0.4 is 10.6 Å². The maximum Gasteiger partial charge on any atom is 0.471 e. The number of alkyl halides is 6. The predicted octanol–water partition coefficient (Wildman–Crippen LogP) is 8.20. The standard InChI is InChI=1S/C27H24F6N2O2S2/c1-15-12-16(2)19(14-39-23-11-7-5-9-21(23)35-25(37)27(31,32)33)17(3)18(15)13-38-22-10-6-4-8-20(22)34-24(36)26(28,29)30/h4-12H,13-14H2,1-3H3,(H,34,36)(H,35,37). The number of para-hydroxylation sites is 2. The number of anilines is 2. The molecule has 39 heavy (non-hydrogen) atoms. The van der Waals surface area contributed by atoms with E-state index in [9.17, 15) is 35.9 Å². The molecule has 0 bridgehead atoms. The summed E-state index contributed by atoms with van der Waals surface area (Å²) in [5.41, 5.74) is 4.91. The number of thioether (sulfide) groups is 2. The third kappa shape index (κ3) is 7.95. The Kier molecular flexibility index (Phi) is 9.65. The number of aryl methyl sites for hydroxylation is 2. The van der Waals surface area contributed by atoms with E-state index < -0.39 is 24.2 Å². The summed E-state index contributed by atoms with van der Waals surface area (Å²) < 4.78 is 76.5. The molecule has 12 heteroatoms. The van der Waals surface area contributed by atoms with Crippen molar-refractivity contribution in [1.29, 1.82) is 0 Å². The molecule has 0 spiro atoms. The van der Waals surface area contributed by atoms with Gasteiger partial charge < -0.3 is 10.6 Å². The van der Waals surface area contributed by atoms with Gasteiger partial charge in [0.15, 0.2) is 0 Å². The minimum Gasteiger partial charge on any atom is -0.317 e. The van der Waals surface area contributed by atoms with Crippen LogP contribution in [0.2, 0.25) is 0 Å². The Morgan fingerprint density at radius 3 is 1.38 bits per heavy atom. The molecule has 0 saturated heterocycles. The second-order valence-corrected chi connectivity index (χ2v) is 10.6. The van der Waals surface area contributed by atoms with Crippen LogP contribution in [0.25, 0.3) is 0 Å². The number of amides is 2. The first kappa shape index (κ1) is 30.4. The van der Waals surface area contributed by atoms with Crippen LogP contribution in [0.5, 0.6) is 0 Å². The highest BCUT2D eigenvalue weighted by Gasteiger charge is 2.39. The van der Waals surface area contributed by atoms with Crippen molar-refractivity contribution in [2.45, 2.75) is 54.4 Å². The van der Waals surface area contributed by atoms with Crippen LogP contribution in [0.3, 0.4) is 0 Å². The highest BCUT2D eigenvalue weighted by Crippen LogP contribution is 2.37. The molecule has 4 nitrogen and oxygen atoms in total. The number of nitrogens with one attached hydrogen (secondary N) is 2. The van der Waals surface area contributed by atoms with Crippen molar-refractivity contribution in [2.75, 3.05) is 10.6 Å². The van der Waals surface area contributed by atoms with Gasteiger partial charge in [0.1, 0.15) is 0 Å². The van der Waals surface area contributed by atoms with Gasteiger partial charge in [-0.05, 0) is 72.9 Å². The maximum atomic E-state index is 12.7. The van der Waals surface area contributed by atoms with Crippen molar-refractivity contribution in [3.8, 4) is 0 Å². The van der Waals surface area contributed by atoms with Crippen LogP contribution in [-0.2, 0) is 21.1 Å². The van der Waals surface area contributed by atoms with E-state index in [4.69, 9.17) is 0 Å². The van der Waals surface area contributed by atoms with Gasteiger partial charge in [-0.25, -0.2) is 0 Å². The minimum absolute atomic E-state index is 0.0560. The summed E-state index contributed by atoms with van der Waals surface area (Å²) in [5.74, 6) is -3.28. The maximum absolute atomic E-state index is 12.7. The lowest BCUT2D eigenvalue weighted by molar-refractivity contribution is -0.167. The van der Waals surface area contributed by atoms with Crippen LogP contribution in [-0.4, -0.2) is 24.2 Å². The van der Waals surface area contributed by atoms with Gasteiger partial charge >= 0.3 is 24.2 Å². The third-order valence-electron chi connectivity index (χ3n) is 5.82. The molecule has 3 aromatic rings. The molecule has 3 aromatic carbocycles. The van der Waals surface area contributed by atoms with Gasteiger partial charge in [0, 0.05) is 21.3 Å². The van der Waals surface area contributed by atoms with Crippen LogP contribution in [0.15, 0.2) is 64.4 Å². The van der Waals surface area contributed by atoms with Gasteiger partial charge in [0.05, 0.1) is 11.4 Å². The molecule has 0 aliphatic carbocycles. The smallest absolute Gasteiger partial charge is 0.317 e. The second-order valence-electron chi connectivity index (χ2n) is 8.57. The van der Waals surface area contributed by atoms with E-state index in [1.807, 2.05) is 37.5 Å². The number of carbonyl (C=O) groups is 2. The zero-order valence-electron chi connectivity index (χ0n) is 21.0. The first-order chi connectivity index (χ1) is 18.2. The first-order valence-corrected chi connectivity index (χ1v) is 13.4. The summed E-state index contributed by atoms with van der Waals surface area (Å²) in [6, 6.07) is 14.4. The average Bonchev–Trinajstić information content (AvgIpc) is 2.84. The Hall–Kier alpha value is -3.12. The normalized spacial score (nSPS) is 11.8. The molecular formula is C27H24F6N2O2S2. The van der Waals surface area contributed by atoms with Gasteiger partial charge in [-0.1, -0.05) is 30.3 Å². The molecular weight excluding hydrogens is 562 g/mol. The lowest BCUT2D eigenvalue weighted by Crippen LogP contribution is -2.30. The van der Waals surface area contributed by atoms with E-state index in [1.54, 1.807) is 24.3 Å². The summed E-state index contributed by atoms with van der Waals surface area (Å²) in [6.45, 7) is 5.76. The molecule has 208 valence electrons. The number of halogens is 6. The van der Waals surface area contributed by atoms with Gasteiger partial charge in [-0.2, -0.15) is 26.3 Å². The van der Waals surface area contributed by atoms with Crippen molar-refractivity contribution in [2.24, 2.45) is 0 Å². The predicted molar refractivity (Wildman–Crippen MR) is 142 cm³/mol. The number of hydrogen-bond acceptors (Lipinski definition) is 4. The zero-order chi connectivity index (χ0) is 29.0. The molecule has 0 aliphatic heterocycles. The van der Waals surface area contributed by atoms with Crippen molar-refractivity contribution < 1.29 is 35.9 Å². The zero-order valence-corrected chi connectivity index (χ0v) is 22.6. The van der Waals surface area contributed by atoms with Crippen molar-refractivity contribution in [3.63, 3.8) is 0 Å². The molecule has 0 heterocycles. The number of carbonyl (C=O) groups excluding carboxylic acids is 2. The van der Waals surface area contributed by atoms with E-state index >= 15 is 0 Å². The quantitative estimate of drug-likeness (QED) is 0.206. The Morgan fingerprint density at radius 2 is 1.03 bits per heavy atom. The Labute approximate surface area is 229 Å². The number of benzene rings is 3. The van der Waals surface area contributed by atoms with Crippen molar-refractivity contribution in [1.82, 2.24) is 0 Å². The van der Waals surface area contributed by atoms with E-state index in [2.05, 4.69) is 0 Å². The summed E-state index contributed by atoms with van der Waals surface area (Å²) >= 11 is 2.56. The van der Waals surface area contributed by atoms with Gasteiger partial charge in [0.25, 0.3) is 0 Å². The fourth-order valence-corrected chi connectivity index (χ4v) is 6.18. The van der Waals surface area contributed by atoms with Gasteiger partial charge in [0.2, 0.25) is 0 Å². The fourth-order valence-electron chi connectivity index (χ4n) is 3.79. The lowest BCUT2D eigenvalue weighted by atomic mass is 9.95. The molecule has 0 radical (unpaired) electrons. The largest absolute Gasteiger partial charge is 0.471 e. The lowest BCUT2D eigenvalue weighted by Gasteiger charge is -2.19. The van der Waals surface area contributed by atoms with Gasteiger partial charge in [-0.3, -0.25) is 9.59 Å². The van der Waals surface area contributed by atoms with E-state index in [1.165, 1.54) is 47.8 Å². The molecule has 0 saturated carbocycles. The molecule has 0 aliphatic rings. The third-order valence-corrected chi connectivity index (χ3v) is 8.02. The van der Waals surface area contributed by atoms with E-state index in [0.29, 0.717) is 21.3 Å².